The van der Waals surface area contributed by atoms with E-state index in [0.717, 1.165) is 17.7 Å². The van der Waals surface area contributed by atoms with Gasteiger partial charge in [-0.3, -0.25) is 9.69 Å². The van der Waals surface area contributed by atoms with E-state index in [0.29, 0.717) is 29.5 Å². The monoisotopic (exact) mass is 316 g/mol. The van der Waals surface area contributed by atoms with Crippen molar-refractivity contribution in [1.29, 1.82) is 0 Å². The Balaban J connectivity index is 1.91. The normalized spacial score (nSPS) is 13.6. The zero-order valence-electron chi connectivity index (χ0n) is 12.2. The van der Waals surface area contributed by atoms with Crippen molar-refractivity contribution >= 4 is 29.0 Å². The van der Waals surface area contributed by atoms with Gasteiger partial charge in [-0.2, -0.15) is 0 Å². The van der Waals surface area contributed by atoms with Crippen molar-refractivity contribution in [3.63, 3.8) is 0 Å². The van der Waals surface area contributed by atoms with E-state index >= 15 is 0 Å². The molecule has 0 saturated carbocycles. The van der Waals surface area contributed by atoms with Gasteiger partial charge in [-0.05, 0) is 31.9 Å². The molecule has 0 aliphatic carbocycles. The Kier molecular flexibility index (Phi) is 4.20. The number of aromatic nitrogens is 1. The summed E-state index contributed by atoms with van der Waals surface area (Å²) in [6.07, 6.45) is 1.71. The number of ether oxygens (including phenoxy) is 1. The molecule has 2 aromatic rings. The average Bonchev–Trinajstić information content (AvgIpc) is 2.99. The van der Waals surface area contributed by atoms with Crippen molar-refractivity contribution in [2.45, 2.75) is 19.8 Å². The van der Waals surface area contributed by atoms with Gasteiger partial charge in [-0.15, -0.1) is 11.3 Å². The summed E-state index contributed by atoms with van der Waals surface area (Å²) in [5, 5.41) is 0.319. The number of benzene rings is 1. The van der Waals surface area contributed by atoms with Crippen molar-refractivity contribution in [1.82, 2.24) is 4.98 Å². The van der Waals surface area contributed by atoms with E-state index in [2.05, 4.69) is 4.98 Å². The van der Waals surface area contributed by atoms with Crippen LogP contribution in [-0.4, -0.2) is 30.0 Å². The number of aryl methyl sites for hydroxylation is 1. The lowest BCUT2D eigenvalue weighted by molar-refractivity contribution is 0.0525. The first-order chi connectivity index (χ1) is 10.7. The molecule has 1 amide bonds. The molecular weight excluding hydrogens is 300 g/mol. The van der Waals surface area contributed by atoms with Crippen molar-refractivity contribution in [3.8, 4) is 0 Å². The second-order valence-electron chi connectivity index (χ2n) is 4.91. The lowest BCUT2D eigenvalue weighted by atomic mass is 10.1. The van der Waals surface area contributed by atoms with Crippen LogP contribution in [0.15, 0.2) is 30.3 Å². The molecule has 1 aromatic carbocycles. The lowest BCUT2D eigenvalue weighted by Crippen LogP contribution is -2.35. The van der Waals surface area contributed by atoms with Crippen molar-refractivity contribution < 1.29 is 14.3 Å². The Hall–Kier alpha value is -2.21. The highest BCUT2D eigenvalue weighted by atomic mass is 32.1. The number of hydrogen-bond acceptors (Lipinski definition) is 5. The first-order valence-corrected chi connectivity index (χ1v) is 8.06. The average molecular weight is 316 g/mol. The van der Waals surface area contributed by atoms with Gasteiger partial charge in [0.1, 0.15) is 0 Å². The molecule has 0 bridgehead atoms. The summed E-state index contributed by atoms with van der Waals surface area (Å²) in [7, 11) is 0. The Morgan fingerprint density at radius 2 is 2.09 bits per heavy atom. The van der Waals surface area contributed by atoms with Gasteiger partial charge in [0, 0.05) is 12.1 Å². The van der Waals surface area contributed by atoms with Gasteiger partial charge in [-0.25, -0.2) is 9.78 Å². The van der Waals surface area contributed by atoms with Gasteiger partial charge in [-0.1, -0.05) is 18.2 Å². The van der Waals surface area contributed by atoms with Crippen LogP contribution >= 0.6 is 11.3 Å². The smallest absolute Gasteiger partial charge is 0.367 e. The fourth-order valence-electron chi connectivity index (χ4n) is 2.44. The maximum Gasteiger partial charge on any atom is 0.367 e. The molecule has 0 fully saturated rings. The molecule has 3 rings (SSSR count). The Morgan fingerprint density at radius 3 is 2.82 bits per heavy atom. The molecule has 0 atom stereocenters. The standard InChI is InChI=1S/C16H16N2O3S/c1-2-21-16(20)14-17-13-12(22-14)9-6-10-18(13)15(19)11-7-4-3-5-8-11/h3-5,7-8H,2,6,9-10H2,1H3. The Bertz CT molecular complexity index is 697. The van der Waals surface area contributed by atoms with Crippen LogP contribution in [0.4, 0.5) is 5.82 Å². The molecule has 114 valence electrons. The first kappa shape index (κ1) is 14.7. The number of rotatable bonds is 3. The minimum atomic E-state index is -0.422. The largest absolute Gasteiger partial charge is 0.461 e. The Morgan fingerprint density at radius 1 is 1.32 bits per heavy atom. The molecule has 0 unspecified atom stereocenters. The van der Waals surface area contributed by atoms with Crippen molar-refractivity contribution in [2.24, 2.45) is 0 Å². The highest BCUT2D eigenvalue weighted by Gasteiger charge is 2.29. The quantitative estimate of drug-likeness (QED) is 0.817. The predicted molar refractivity (Wildman–Crippen MR) is 84.5 cm³/mol. The van der Waals surface area contributed by atoms with Crippen LogP contribution in [0.1, 0.15) is 38.4 Å². The zero-order chi connectivity index (χ0) is 15.5. The van der Waals surface area contributed by atoms with E-state index in [9.17, 15) is 9.59 Å². The van der Waals surface area contributed by atoms with Crippen molar-refractivity contribution in [3.05, 3.63) is 45.8 Å². The van der Waals surface area contributed by atoms with E-state index in [-0.39, 0.29) is 5.91 Å². The van der Waals surface area contributed by atoms with E-state index in [1.807, 2.05) is 18.2 Å². The minimum Gasteiger partial charge on any atom is -0.461 e. The van der Waals surface area contributed by atoms with Crippen LogP contribution in [0.5, 0.6) is 0 Å². The van der Waals surface area contributed by atoms with E-state index < -0.39 is 5.97 Å². The predicted octanol–water partition coefficient (Wildman–Crippen LogP) is 2.91. The summed E-state index contributed by atoms with van der Waals surface area (Å²) in [6.45, 7) is 2.69. The molecular formula is C16H16N2O3S. The van der Waals surface area contributed by atoms with E-state index in [4.69, 9.17) is 4.74 Å². The lowest BCUT2D eigenvalue weighted by Gasteiger charge is -2.25. The molecule has 0 N–H and O–H groups in total. The number of anilines is 1. The fraction of sp³-hybridized carbons (Fsp3) is 0.312. The maximum absolute atomic E-state index is 12.6. The first-order valence-electron chi connectivity index (χ1n) is 7.24. The molecule has 0 saturated heterocycles. The molecule has 0 spiro atoms. The summed E-state index contributed by atoms with van der Waals surface area (Å²) < 4.78 is 4.99. The third-order valence-electron chi connectivity index (χ3n) is 3.43. The number of fused-ring (bicyclic) bond motifs is 1. The summed E-state index contributed by atoms with van der Waals surface area (Å²) in [5.74, 6) is 0.101. The molecule has 1 aliphatic rings. The van der Waals surface area contributed by atoms with E-state index in [1.165, 1.54) is 11.3 Å². The van der Waals surface area contributed by atoms with Gasteiger partial charge < -0.3 is 4.74 Å². The summed E-state index contributed by atoms with van der Waals surface area (Å²) in [6, 6.07) is 9.12. The fourth-order valence-corrected chi connectivity index (χ4v) is 3.44. The number of hydrogen-bond donors (Lipinski definition) is 0. The molecule has 6 heteroatoms. The highest BCUT2D eigenvalue weighted by Crippen LogP contribution is 2.33. The Labute approximate surface area is 132 Å². The topological polar surface area (TPSA) is 59.5 Å². The van der Waals surface area contributed by atoms with Crippen LogP contribution in [-0.2, 0) is 11.2 Å². The third-order valence-corrected chi connectivity index (χ3v) is 4.52. The molecule has 1 aliphatic heterocycles. The van der Waals surface area contributed by atoms with Gasteiger partial charge >= 0.3 is 5.97 Å². The summed E-state index contributed by atoms with van der Waals surface area (Å²) >= 11 is 1.32. The second kappa shape index (κ2) is 6.27. The molecule has 0 radical (unpaired) electrons. The number of carbonyl (C=O) groups excluding carboxylic acids is 2. The summed E-state index contributed by atoms with van der Waals surface area (Å²) in [5.41, 5.74) is 0.626. The highest BCUT2D eigenvalue weighted by molar-refractivity contribution is 7.14. The molecule has 5 nitrogen and oxygen atoms in total. The number of esters is 1. The maximum atomic E-state index is 12.6. The van der Waals surface area contributed by atoms with Gasteiger partial charge in [0.15, 0.2) is 5.82 Å². The molecule has 1 aromatic heterocycles. The van der Waals surface area contributed by atoms with Gasteiger partial charge in [0.25, 0.3) is 5.91 Å². The van der Waals surface area contributed by atoms with Crippen LogP contribution in [0, 0.1) is 0 Å². The number of amides is 1. The van der Waals surface area contributed by atoms with Crippen LogP contribution < -0.4 is 4.90 Å². The van der Waals surface area contributed by atoms with Crippen molar-refractivity contribution in [2.75, 3.05) is 18.1 Å². The molecule has 22 heavy (non-hydrogen) atoms. The number of thiazole rings is 1. The van der Waals surface area contributed by atoms with Gasteiger partial charge in [0.2, 0.25) is 5.01 Å². The SMILES string of the molecule is CCOC(=O)c1nc2c(s1)CCCN2C(=O)c1ccccc1. The minimum absolute atomic E-state index is 0.0812. The third kappa shape index (κ3) is 2.74. The second-order valence-corrected chi connectivity index (χ2v) is 6.00. The zero-order valence-corrected chi connectivity index (χ0v) is 13.1. The van der Waals surface area contributed by atoms with Crippen LogP contribution in [0.3, 0.4) is 0 Å². The number of nitrogens with zero attached hydrogens (tertiary/aromatic N) is 2. The molecule has 2 heterocycles. The van der Waals surface area contributed by atoms with Gasteiger partial charge in [0.05, 0.1) is 11.5 Å². The van der Waals surface area contributed by atoms with E-state index in [1.54, 1.807) is 24.0 Å². The van der Waals surface area contributed by atoms with Crippen LogP contribution in [0.25, 0.3) is 0 Å². The van der Waals surface area contributed by atoms with Crippen LogP contribution in [0.2, 0.25) is 0 Å². The number of carbonyl (C=O) groups is 2. The summed E-state index contributed by atoms with van der Waals surface area (Å²) in [4.78, 5) is 31.5.